The highest BCUT2D eigenvalue weighted by atomic mass is 14.0. The second-order valence-electron chi connectivity index (χ2n) is 14.0. The zero-order valence-corrected chi connectivity index (χ0v) is 31.7. The highest BCUT2D eigenvalue weighted by Crippen LogP contribution is 2.17. The van der Waals surface area contributed by atoms with Gasteiger partial charge in [0.25, 0.3) is 0 Å². The SMILES string of the molecule is [CH2]C=C(C)CCC=C(C)CCC=C(C)CCC=C(C)CCC=C(C)CCC=C(C)CCC=C(C)CCC=C(C)CCC=C(C)C. The molecule has 0 aliphatic heterocycles. The molecule has 0 unspecified atom stereocenters. The molecule has 1 radical (unpaired) electrons. The van der Waals surface area contributed by atoms with Gasteiger partial charge in [0.1, 0.15) is 0 Å². The summed E-state index contributed by atoms with van der Waals surface area (Å²) in [6, 6.07) is 0. The standard InChI is InChI=1S/C45H73/c1-12-38(4)22-14-24-40(6)26-16-28-42(8)30-18-32-44(10)34-20-36-45(11)35-19-33-43(9)31-17-29-41(7)27-15-25-39(5)23-13-21-37(2)3/h12,21,24-25,28-29,32-33,36H,1,13-20,22-23,26-27,30-31,34-35H2,2-11H3. The van der Waals surface area contributed by atoms with Crippen LogP contribution in [0.1, 0.15) is 172 Å². The Balaban J connectivity index is 4.21. The highest BCUT2D eigenvalue weighted by Gasteiger charge is 1.97. The first-order chi connectivity index (χ1) is 21.4. The van der Waals surface area contributed by atoms with Crippen molar-refractivity contribution in [2.75, 3.05) is 0 Å². The van der Waals surface area contributed by atoms with Crippen LogP contribution in [-0.4, -0.2) is 0 Å². The maximum Gasteiger partial charge on any atom is -0.0288 e. The second-order valence-corrected chi connectivity index (χ2v) is 14.0. The van der Waals surface area contributed by atoms with Crippen LogP contribution in [0.4, 0.5) is 0 Å². The molecule has 0 aromatic carbocycles. The third-order valence-electron chi connectivity index (χ3n) is 8.66. The third-order valence-corrected chi connectivity index (χ3v) is 8.66. The summed E-state index contributed by atoms with van der Waals surface area (Å²) in [5.41, 5.74) is 13.5. The maximum atomic E-state index is 3.85. The summed E-state index contributed by atoms with van der Waals surface area (Å²) in [5.74, 6) is 0. The van der Waals surface area contributed by atoms with Gasteiger partial charge in [-0.2, -0.15) is 0 Å². The highest BCUT2D eigenvalue weighted by molar-refractivity contribution is 5.10. The van der Waals surface area contributed by atoms with E-state index in [-0.39, 0.29) is 0 Å². The van der Waals surface area contributed by atoms with Crippen molar-refractivity contribution in [3.05, 3.63) is 112 Å². The molecule has 0 amide bonds. The van der Waals surface area contributed by atoms with Crippen LogP contribution in [0.2, 0.25) is 0 Å². The molecular weight excluding hydrogens is 540 g/mol. The van der Waals surface area contributed by atoms with Gasteiger partial charge in [0.05, 0.1) is 0 Å². The Kier molecular flexibility index (Phi) is 26.5. The minimum Gasteiger partial charge on any atom is -0.0856 e. The topological polar surface area (TPSA) is 0 Å². The van der Waals surface area contributed by atoms with Gasteiger partial charge in [-0.15, -0.1) is 0 Å². The number of allylic oxidation sites excluding steroid dienone is 18. The van der Waals surface area contributed by atoms with E-state index >= 15 is 0 Å². The van der Waals surface area contributed by atoms with E-state index in [2.05, 4.69) is 125 Å². The summed E-state index contributed by atoms with van der Waals surface area (Å²) in [5, 5.41) is 0. The Labute approximate surface area is 283 Å². The molecule has 0 aliphatic carbocycles. The molecule has 0 aromatic rings. The molecule has 0 heteroatoms. The molecule has 0 bridgehead atoms. The van der Waals surface area contributed by atoms with Crippen LogP contribution in [0.3, 0.4) is 0 Å². The van der Waals surface area contributed by atoms with Crippen LogP contribution in [-0.2, 0) is 0 Å². The molecule has 0 heterocycles. The fourth-order valence-electron chi connectivity index (χ4n) is 5.23. The van der Waals surface area contributed by atoms with Crippen molar-refractivity contribution in [3.63, 3.8) is 0 Å². The van der Waals surface area contributed by atoms with E-state index < -0.39 is 0 Å². The predicted octanol–water partition coefficient (Wildman–Crippen LogP) is 15.6. The minimum absolute atomic E-state index is 1.13. The van der Waals surface area contributed by atoms with E-state index in [4.69, 9.17) is 0 Å². The van der Waals surface area contributed by atoms with Gasteiger partial charge in [0.15, 0.2) is 0 Å². The lowest BCUT2D eigenvalue weighted by atomic mass is 10.0. The van der Waals surface area contributed by atoms with Crippen molar-refractivity contribution in [2.24, 2.45) is 0 Å². The zero-order valence-electron chi connectivity index (χ0n) is 31.7. The van der Waals surface area contributed by atoms with Crippen molar-refractivity contribution >= 4 is 0 Å². The smallest absolute Gasteiger partial charge is 0.0288 e. The molecule has 0 fully saturated rings. The summed E-state index contributed by atoms with van der Waals surface area (Å²) < 4.78 is 0. The number of hydrogen-bond acceptors (Lipinski definition) is 0. The van der Waals surface area contributed by atoms with Gasteiger partial charge in [-0.25, -0.2) is 0 Å². The minimum atomic E-state index is 1.13. The molecule has 0 atom stereocenters. The first-order valence-corrected chi connectivity index (χ1v) is 18.1. The van der Waals surface area contributed by atoms with Crippen LogP contribution in [0, 0.1) is 6.92 Å². The van der Waals surface area contributed by atoms with Crippen molar-refractivity contribution in [1.82, 2.24) is 0 Å². The van der Waals surface area contributed by atoms with Crippen LogP contribution in [0.25, 0.3) is 0 Å². The summed E-state index contributed by atoms with van der Waals surface area (Å²) in [6.45, 7) is 26.4. The van der Waals surface area contributed by atoms with Gasteiger partial charge in [0, 0.05) is 0 Å². The fraction of sp³-hybridized carbons (Fsp3) is 0.578. The predicted molar refractivity (Wildman–Crippen MR) is 209 cm³/mol. The molecule has 0 nitrogen and oxygen atoms in total. The van der Waals surface area contributed by atoms with Crippen LogP contribution in [0.15, 0.2) is 105 Å². The molecule has 45 heavy (non-hydrogen) atoms. The van der Waals surface area contributed by atoms with E-state index in [1.54, 1.807) is 0 Å². The van der Waals surface area contributed by atoms with Crippen LogP contribution < -0.4 is 0 Å². The number of hydrogen-bond donors (Lipinski definition) is 0. The van der Waals surface area contributed by atoms with Crippen molar-refractivity contribution in [2.45, 2.75) is 172 Å². The van der Waals surface area contributed by atoms with Crippen molar-refractivity contribution in [3.8, 4) is 0 Å². The van der Waals surface area contributed by atoms with Gasteiger partial charge < -0.3 is 0 Å². The third kappa shape index (κ3) is 28.8. The first-order valence-electron chi connectivity index (χ1n) is 18.1. The first kappa shape index (κ1) is 42.7. The average Bonchev–Trinajstić information content (AvgIpc) is 2.96. The fourth-order valence-corrected chi connectivity index (χ4v) is 5.23. The second kappa shape index (κ2) is 27.9. The average molecular weight is 614 g/mol. The Hall–Kier alpha value is -2.34. The molecular formula is C45H73. The van der Waals surface area contributed by atoms with Gasteiger partial charge in [-0.3, -0.25) is 0 Å². The van der Waals surface area contributed by atoms with Crippen molar-refractivity contribution in [1.29, 1.82) is 0 Å². The Morgan fingerprint density at radius 2 is 0.467 bits per heavy atom. The number of rotatable bonds is 24. The zero-order chi connectivity index (χ0) is 33.9. The lowest BCUT2D eigenvalue weighted by molar-refractivity contribution is 0.880. The van der Waals surface area contributed by atoms with Crippen molar-refractivity contribution < 1.29 is 0 Å². The molecule has 0 spiro atoms. The van der Waals surface area contributed by atoms with E-state index in [0.29, 0.717) is 0 Å². The van der Waals surface area contributed by atoms with Gasteiger partial charge in [-0.05, 0) is 179 Å². The van der Waals surface area contributed by atoms with E-state index in [1.807, 2.05) is 6.08 Å². The summed E-state index contributed by atoms with van der Waals surface area (Å²) in [7, 11) is 0. The summed E-state index contributed by atoms with van der Waals surface area (Å²) >= 11 is 0. The van der Waals surface area contributed by atoms with Crippen LogP contribution in [0.5, 0.6) is 0 Å². The van der Waals surface area contributed by atoms with Crippen LogP contribution >= 0.6 is 0 Å². The normalized spacial score (nSPS) is 14.8. The Bertz CT molecular complexity index is 1080. The van der Waals surface area contributed by atoms with E-state index in [0.717, 1.165) is 38.5 Å². The van der Waals surface area contributed by atoms with E-state index in [1.165, 1.54) is 114 Å². The molecule has 253 valence electrons. The molecule has 0 saturated heterocycles. The quantitative estimate of drug-likeness (QED) is 0.0950. The maximum absolute atomic E-state index is 3.85. The van der Waals surface area contributed by atoms with Gasteiger partial charge >= 0.3 is 0 Å². The summed E-state index contributed by atoms with van der Waals surface area (Å²) in [4.78, 5) is 0. The molecule has 0 aromatic heterocycles. The van der Waals surface area contributed by atoms with Gasteiger partial charge in [0.2, 0.25) is 0 Å². The molecule has 0 rings (SSSR count). The molecule has 0 aliphatic rings. The largest absolute Gasteiger partial charge is 0.0856 e. The lowest BCUT2D eigenvalue weighted by Crippen LogP contribution is -1.84. The molecule has 0 saturated carbocycles. The summed E-state index contributed by atoms with van der Waals surface area (Å²) in [6.07, 6.45) is 40.1. The van der Waals surface area contributed by atoms with E-state index in [9.17, 15) is 0 Å². The lowest BCUT2D eigenvalue weighted by Gasteiger charge is -2.04. The molecule has 0 N–H and O–H groups in total. The monoisotopic (exact) mass is 614 g/mol. The Morgan fingerprint density at radius 3 is 0.644 bits per heavy atom. The van der Waals surface area contributed by atoms with Gasteiger partial charge in [-0.1, -0.05) is 105 Å². The Morgan fingerprint density at radius 1 is 0.289 bits per heavy atom.